The number of rotatable bonds is 8. The van der Waals surface area contributed by atoms with E-state index in [1.165, 1.54) is 35.7 Å². The summed E-state index contributed by atoms with van der Waals surface area (Å²) in [5.41, 5.74) is -1.76. The highest BCUT2D eigenvalue weighted by Gasteiger charge is 2.53. The zero-order valence-electron chi connectivity index (χ0n) is 25.7. The van der Waals surface area contributed by atoms with Gasteiger partial charge < -0.3 is 25.4 Å². The van der Waals surface area contributed by atoms with Crippen molar-refractivity contribution in [1.29, 1.82) is 0 Å². The SMILES string of the molecule is COCC1CCCN1CC12CCC(NC(=O)C(=O)N(C)C)(CC1)c1nc(C(=O)NCc3ccc(F)c(C)c3)c(O)c(=O)n1C2. The fourth-order valence-corrected chi connectivity index (χ4v) is 7.00. The smallest absolute Gasteiger partial charge is 0.311 e. The normalized spacial score (nSPS) is 24.4. The number of ether oxygens (including phenoxy) is 1. The van der Waals surface area contributed by atoms with Crippen molar-refractivity contribution >= 4 is 17.7 Å². The Morgan fingerprint density at radius 3 is 2.59 bits per heavy atom. The highest BCUT2D eigenvalue weighted by molar-refractivity contribution is 6.35. The van der Waals surface area contributed by atoms with E-state index in [9.17, 15) is 28.7 Å². The number of nitrogens with one attached hydrogen (secondary N) is 2. The van der Waals surface area contributed by atoms with Gasteiger partial charge in [-0.3, -0.25) is 28.6 Å². The molecule has 4 aliphatic rings. The lowest BCUT2D eigenvalue weighted by Crippen LogP contribution is -2.54. The Labute approximate surface area is 255 Å². The Kier molecular flexibility index (Phi) is 8.81. The summed E-state index contributed by atoms with van der Waals surface area (Å²) in [6.45, 7) is 4.09. The number of aromatic hydroxyl groups is 1. The number of hydrogen-bond donors (Lipinski definition) is 3. The molecule has 2 aromatic rings. The van der Waals surface area contributed by atoms with Crippen molar-refractivity contribution in [2.45, 2.75) is 70.1 Å². The molecule has 1 aromatic carbocycles. The van der Waals surface area contributed by atoms with Crippen LogP contribution in [-0.4, -0.2) is 89.1 Å². The Morgan fingerprint density at radius 2 is 1.93 bits per heavy atom. The molecule has 3 amide bonds. The number of methoxy groups -OCH3 is 1. The first-order chi connectivity index (χ1) is 20.9. The first-order valence-corrected chi connectivity index (χ1v) is 15.0. The maximum absolute atomic E-state index is 13.8. The van der Waals surface area contributed by atoms with Crippen molar-refractivity contribution in [1.82, 2.24) is 30.0 Å². The molecule has 1 unspecified atom stereocenters. The molecule has 44 heavy (non-hydrogen) atoms. The number of aryl methyl sites for hydroxylation is 1. The van der Waals surface area contributed by atoms with Crippen LogP contribution in [-0.2, 0) is 33.0 Å². The zero-order chi connectivity index (χ0) is 31.8. The van der Waals surface area contributed by atoms with Crippen molar-refractivity contribution in [3.05, 3.63) is 57.0 Å². The number of amides is 3. The highest BCUT2D eigenvalue weighted by atomic mass is 19.1. The van der Waals surface area contributed by atoms with Crippen LogP contribution in [0.4, 0.5) is 4.39 Å². The van der Waals surface area contributed by atoms with Gasteiger partial charge >= 0.3 is 11.8 Å². The number of fused-ring (bicyclic) bond motifs is 2. The fraction of sp³-hybridized carbons (Fsp3) is 0.581. The molecule has 2 fully saturated rings. The van der Waals surface area contributed by atoms with Gasteiger partial charge in [-0.1, -0.05) is 12.1 Å². The molecule has 1 aromatic heterocycles. The van der Waals surface area contributed by atoms with Crippen LogP contribution in [0.2, 0.25) is 0 Å². The molecule has 13 heteroatoms. The molecule has 1 saturated heterocycles. The summed E-state index contributed by atoms with van der Waals surface area (Å²) < 4.78 is 20.6. The van der Waals surface area contributed by atoms with Crippen LogP contribution in [0.3, 0.4) is 0 Å². The molecule has 238 valence electrons. The molecule has 12 nitrogen and oxygen atoms in total. The second-order valence-corrected chi connectivity index (χ2v) is 12.7. The molecule has 0 radical (unpaired) electrons. The van der Waals surface area contributed by atoms with Crippen molar-refractivity contribution in [3.8, 4) is 5.75 Å². The van der Waals surface area contributed by atoms with Gasteiger partial charge in [0, 0.05) is 52.3 Å². The molecule has 3 aliphatic heterocycles. The number of carbonyl (C=O) groups excluding carboxylic acids is 3. The van der Waals surface area contributed by atoms with E-state index in [0.717, 1.165) is 19.4 Å². The summed E-state index contributed by atoms with van der Waals surface area (Å²) in [6, 6.07) is 4.69. The molecular weight excluding hydrogens is 571 g/mol. The Balaban J connectivity index is 1.52. The Hall–Kier alpha value is -3.84. The van der Waals surface area contributed by atoms with E-state index < -0.39 is 40.3 Å². The minimum absolute atomic E-state index is 0.0142. The van der Waals surface area contributed by atoms with Crippen LogP contribution < -0.4 is 16.2 Å². The largest absolute Gasteiger partial charge is 0.501 e. The standard InChI is InChI=1S/C31H41FN6O6/c1-19-14-20(7-8-22(19)32)15-33-25(40)23-24(39)27(42)38-18-30(17-37-13-5-6-21(37)16-44-4)9-11-31(12-10-30,29(38)34-23)35-26(41)28(43)36(2)3/h7-8,14,21,39H,5-6,9-13,15-18H2,1-4H3,(H,33,40)(H,35,41). The van der Waals surface area contributed by atoms with Crippen LogP contribution in [0.5, 0.6) is 5.75 Å². The van der Waals surface area contributed by atoms with Crippen molar-refractivity contribution in [2.75, 3.05) is 40.9 Å². The topological polar surface area (TPSA) is 146 Å². The highest BCUT2D eigenvalue weighted by Crippen LogP contribution is 2.50. The number of halogens is 1. The van der Waals surface area contributed by atoms with Crippen LogP contribution >= 0.6 is 0 Å². The second kappa shape index (κ2) is 12.3. The minimum Gasteiger partial charge on any atom is -0.501 e. The van der Waals surface area contributed by atoms with Crippen LogP contribution in [0, 0.1) is 18.2 Å². The lowest BCUT2D eigenvalue weighted by molar-refractivity contribution is -0.145. The first kappa shape index (κ1) is 31.6. The van der Waals surface area contributed by atoms with E-state index in [1.54, 1.807) is 20.1 Å². The monoisotopic (exact) mass is 612 g/mol. The average Bonchev–Trinajstić information content (AvgIpc) is 3.32. The number of likely N-dealkylation sites (tertiary alicyclic amines) is 1. The summed E-state index contributed by atoms with van der Waals surface area (Å²) in [7, 11) is 4.64. The van der Waals surface area contributed by atoms with E-state index in [1.807, 2.05) is 0 Å². The third-order valence-corrected chi connectivity index (χ3v) is 9.47. The van der Waals surface area contributed by atoms with Crippen LogP contribution in [0.1, 0.15) is 66.0 Å². The molecule has 6 rings (SSSR count). The van der Waals surface area contributed by atoms with Gasteiger partial charge in [0.05, 0.1) is 12.1 Å². The molecule has 1 atom stereocenters. The fourth-order valence-electron chi connectivity index (χ4n) is 7.00. The van der Waals surface area contributed by atoms with E-state index in [0.29, 0.717) is 50.0 Å². The van der Waals surface area contributed by atoms with Gasteiger partial charge in [-0.2, -0.15) is 0 Å². The van der Waals surface area contributed by atoms with Crippen molar-refractivity contribution in [2.24, 2.45) is 5.41 Å². The summed E-state index contributed by atoms with van der Waals surface area (Å²) in [4.78, 5) is 61.0. The number of hydrogen-bond acceptors (Lipinski definition) is 8. The molecule has 0 spiro atoms. The number of aromatic nitrogens is 2. The number of nitrogens with zero attached hydrogens (tertiary/aromatic N) is 4. The number of likely N-dealkylation sites (N-methyl/N-ethyl adjacent to an activating group) is 1. The summed E-state index contributed by atoms with van der Waals surface area (Å²) in [6.07, 6.45) is 4.13. The molecule has 3 N–H and O–H groups in total. The molecule has 1 aliphatic carbocycles. The first-order valence-electron chi connectivity index (χ1n) is 15.0. The van der Waals surface area contributed by atoms with Gasteiger partial charge in [-0.05, 0) is 69.2 Å². The van der Waals surface area contributed by atoms with Gasteiger partial charge in [0.1, 0.15) is 11.6 Å². The second-order valence-electron chi connectivity index (χ2n) is 12.7. The number of benzene rings is 1. The summed E-state index contributed by atoms with van der Waals surface area (Å²) >= 11 is 0. The third kappa shape index (κ3) is 5.94. The Morgan fingerprint density at radius 1 is 1.20 bits per heavy atom. The van der Waals surface area contributed by atoms with Gasteiger partial charge in [0.2, 0.25) is 5.75 Å². The average molecular weight is 613 g/mol. The lowest BCUT2D eigenvalue weighted by atomic mass is 9.68. The van der Waals surface area contributed by atoms with Crippen LogP contribution in [0.25, 0.3) is 0 Å². The maximum atomic E-state index is 13.8. The van der Waals surface area contributed by atoms with Gasteiger partial charge in [-0.15, -0.1) is 0 Å². The zero-order valence-corrected chi connectivity index (χ0v) is 25.7. The lowest BCUT2D eigenvalue weighted by Gasteiger charge is -2.44. The van der Waals surface area contributed by atoms with E-state index in [-0.39, 0.29) is 36.2 Å². The van der Waals surface area contributed by atoms with Gasteiger partial charge in [0.25, 0.3) is 11.5 Å². The van der Waals surface area contributed by atoms with Crippen molar-refractivity contribution in [3.63, 3.8) is 0 Å². The Bertz CT molecular complexity index is 1520. The van der Waals surface area contributed by atoms with E-state index in [2.05, 4.69) is 20.5 Å². The molecular formula is C31H41FN6O6. The summed E-state index contributed by atoms with van der Waals surface area (Å²) in [5, 5.41) is 16.6. The summed E-state index contributed by atoms with van der Waals surface area (Å²) in [5.74, 6) is -3.39. The predicted molar refractivity (Wildman–Crippen MR) is 158 cm³/mol. The number of carbonyl (C=O) groups is 3. The van der Waals surface area contributed by atoms with E-state index >= 15 is 0 Å². The predicted octanol–water partition coefficient (Wildman–Crippen LogP) is 1.41. The molecule has 1 saturated carbocycles. The van der Waals surface area contributed by atoms with Gasteiger partial charge in [-0.25, -0.2) is 9.37 Å². The maximum Gasteiger partial charge on any atom is 0.311 e. The van der Waals surface area contributed by atoms with Crippen molar-refractivity contribution < 1.29 is 28.6 Å². The molecule has 2 bridgehead atoms. The quantitative estimate of drug-likeness (QED) is 0.380. The third-order valence-electron chi connectivity index (χ3n) is 9.47. The van der Waals surface area contributed by atoms with Crippen LogP contribution in [0.15, 0.2) is 23.0 Å². The van der Waals surface area contributed by atoms with Gasteiger partial charge in [0.15, 0.2) is 5.69 Å². The minimum atomic E-state index is -1.20. The van der Waals surface area contributed by atoms with E-state index in [4.69, 9.17) is 4.74 Å². The molecule has 4 heterocycles.